The molecule has 0 amide bonds. The molecular weight excluding hydrogens is 218 g/mol. The van der Waals surface area contributed by atoms with Gasteiger partial charge in [0, 0.05) is 6.04 Å². The van der Waals surface area contributed by atoms with Crippen LogP contribution in [0, 0.1) is 12.8 Å². The molecule has 18 heavy (non-hydrogen) atoms. The summed E-state index contributed by atoms with van der Waals surface area (Å²) in [5.41, 5.74) is 2.84. The highest BCUT2D eigenvalue weighted by Gasteiger charge is 2.22. The fourth-order valence-electron chi connectivity index (χ4n) is 3.23. The van der Waals surface area contributed by atoms with Gasteiger partial charge in [-0.2, -0.15) is 0 Å². The van der Waals surface area contributed by atoms with Crippen molar-refractivity contribution in [2.24, 2.45) is 5.92 Å². The highest BCUT2D eigenvalue weighted by molar-refractivity contribution is 5.22. The molecule has 0 bridgehead atoms. The van der Waals surface area contributed by atoms with Gasteiger partial charge in [0.2, 0.25) is 0 Å². The molecule has 2 atom stereocenters. The normalized spacial score (nSPS) is 24.1. The fraction of sp³-hybridized carbons (Fsp3) is 0.647. The van der Waals surface area contributed by atoms with E-state index in [9.17, 15) is 0 Å². The van der Waals surface area contributed by atoms with Gasteiger partial charge in [0.15, 0.2) is 0 Å². The molecule has 2 unspecified atom stereocenters. The average Bonchev–Trinajstić information content (AvgIpc) is 2.39. The van der Waals surface area contributed by atoms with Crippen LogP contribution in [0.4, 0.5) is 0 Å². The van der Waals surface area contributed by atoms with Crippen LogP contribution in [0.25, 0.3) is 0 Å². The lowest BCUT2D eigenvalue weighted by atomic mass is 9.83. The van der Waals surface area contributed by atoms with Gasteiger partial charge in [0.05, 0.1) is 0 Å². The van der Waals surface area contributed by atoms with Crippen LogP contribution in [0.5, 0.6) is 0 Å². The molecule has 1 N–H and O–H groups in total. The van der Waals surface area contributed by atoms with Gasteiger partial charge >= 0.3 is 0 Å². The first-order valence-electron chi connectivity index (χ1n) is 7.58. The molecule has 1 saturated carbocycles. The summed E-state index contributed by atoms with van der Waals surface area (Å²) >= 11 is 0. The maximum atomic E-state index is 3.79. The van der Waals surface area contributed by atoms with Crippen molar-refractivity contribution in [1.82, 2.24) is 5.32 Å². The molecule has 1 aliphatic rings. The van der Waals surface area contributed by atoms with Crippen molar-refractivity contribution in [3.8, 4) is 0 Å². The number of rotatable bonds is 5. The number of hydrogen-bond acceptors (Lipinski definition) is 1. The molecule has 0 radical (unpaired) electrons. The Morgan fingerprint density at radius 1 is 1.22 bits per heavy atom. The summed E-state index contributed by atoms with van der Waals surface area (Å²) < 4.78 is 0. The molecule has 100 valence electrons. The summed E-state index contributed by atoms with van der Waals surface area (Å²) in [5, 5.41) is 3.79. The van der Waals surface area contributed by atoms with E-state index in [4.69, 9.17) is 0 Å². The fourth-order valence-corrected chi connectivity index (χ4v) is 3.23. The van der Waals surface area contributed by atoms with Gasteiger partial charge in [-0.15, -0.1) is 0 Å². The van der Waals surface area contributed by atoms with E-state index in [0.717, 1.165) is 24.9 Å². The van der Waals surface area contributed by atoms with Gasteiger partial charge in [0.1, 0.15) is 0 Å². The second-order valence-corrected chi connectivity index (χ2v) is 5.75. The molecule has 1 fully saturated rings. The first kappa shape index (κ1) is 13.6. The highest BCUT2D eigenvalue weighted by Crippen LogP contribution is 2.26. The summed E-state index contributed by atoms with van der Waals surface area (Å²) in [4.78, 5) is 0. The van der Waals surface area contributed by atoms with Crippen molar-refractivity contribution in [1.29, 1.82) is 0 Å². The smallest absolute Gasteiger partial charge is 0.00953 e. The van der Waals surface area contributed by atoms with Crippen LogP contribution in [0.1, 0.15) is 50.2 Å². The molecule has 2 rings (SSSR count). The summed E-state index contributed by atoms with van der Waals surface area (Å²) in [6.45, 7) is 5.64. The zero-order valence-corrected chi connectivity index (χ0v) is 11.9. The minimum atomic E-state index is 0.772. The molecule has 0 saturated heterocycles. The monoisotopic (exact) mass is 245 g/mol. The van der Waals surface area contributed by atoms with Gasteiger partial charge in [0.25, 0.3) is 0 Å². The SMILES string of the molecule is CCC1CCCCC1NCCc1cccc(C)c1. The van der Waals surface area contributed by atoms with Crippen molar-refractivity contribution in [2.45, 2.75) is 58.4 Å². The molecule has 0 heterocycles. The van der Waals surface area contributed by atoms with Crippen molar-refractivity contribution < 1.29 is 0 Å². The van der Waals surface area contributed by atoms with Crippen molar-refractivity contribution in [3.05, 3.63) is 35.4 Å². The van der Waals surface area contributed by atoms with Gasteiger partial charge < -0.3 is 5.32 Å². The van der Waals surface area contributed by atoms with E-state index in [0.29, 0.717) is 0 Å². The van der Waals surface area contributed by atoms with E-state index in [-0.39, 0.29) is 0 Å². The minimum absolute atomic E-state index is 0.772. The highest BCUT2D eigenvalue weighted by atomic mass is 14.9. The first-order valence-corrected chi connectivity index (χ1v) is 7.58. The van der Waals surface area contributed by atoms with Gasteiger partial charge in [-0.05, 0) is 44.2 Å². The maximum Gasteiger partial charge on any atom is 0.00953 e. The van der Waals surface area contributed by atoms with Crippen LogP contribution < -0.4 is 5.32 Å². The van der Waals surface area contributed by atoms with Crippen LogP contribution >= 0.6 is 0 Å². The molecule has 1 aromatic carbocycles. The van der Waals surface area contributed by atoms with Gasteiger partial charge in [-0.3, -0.25) is 0 Å². The molecule has 0 aliphatic heterocycles. The molecule has 1 aromatic rings. The van der Waals surface area contributed by atoms with E-state index >= 15 is 0 Å². The number of nitrogens with one attached hydrogen (secondary N) is 1. The Bertz CT molecular complexity index is 358. The topological polar surface area (TPSA) is 12.0 Å². The Labute approximate surface area is 112 Å². The predicted molar refractivity (Wildman–Crippen MR) is 78.9 cm³/mol. The van der Waals surface area contributed by atoms with E-state index in [1.807, 2.05) is 0 Å². The quantitative estimate of drug-likeness (QED) is 0.823. The Morgan fingerprint density at radius 3 is 2.83 bits per heavy atom. The lowest BCUT2D eigenvalue weighted by Crippen LogP contribution is -2.39. The Kier molecular flexibility index (Phi) is 5.25. The molecule has 1 heteroatoms. The van der Waals surface area contributed by atoms with Crippen LogP contribution in [0.15, 0.2) is 24.3 Å². The van der Waals surface area contributed by atoms with Crippen molar-refractivity contribution in [3.63, 3.8) is 0 Å². The Balaban J connectivity index is 1.77. The summed E-state index contributed by atoms with van der Waals surface area (Å²) in [5.74, 6) is 0.913. The standard InChI is InChI=1S/C17H27N/c1-3-16-9-4-5-10-17(16)18-12-11-15-8-6-7-14(2)13-15/h6-8,13,16-18H,3-5,9-12H2,1-2H3. The van der Waals surface area contributed by atoms with E-state index in [2.05, 4.69) is 43.4 Å². The van der Waals surface area contributed by atoms with Gasteiger partial charge in [-0.25, -0.2) is 0 Å². The van der Waals surface area contributed by atoms with Crippen molar-refractivity contribution >= 4 is 0 Å². The molecule has 0 aromatic heterocycles. The predicted octanol–water partition coefficient (Wildman–Crippen LogP) is 4.10. The Hall–Kier alpha value is -0.820. The lowest BCUT2D eigenvalue weighted by molar-refractivity contribution is 0.257. The third-order valence-electron chi connectivity index (χ3n) is 4.34. The minimum Gasteiger partial charge on any atom is -0.313 e. The van der Waals surface area contributed by atoms with Crippen LogP contribution in [-0.2, 0) is 6.42 Å². The van der Waals surface area contributed by atoms with E-state index in [1.54, 1.807) is 0 Å². The molecular formula is C17H27N. The third kappa shape index (κ3) is 3.84. The van der Waals surface area contributed by atoms with Gasteiger partial charge in [-0.1, -0.05) is 56.0 Å². The zero-order chi connectivity index (χ0) is 12.8. The van der Waals surface area contributed by atoms with E-state index < -0.39 is 0 Å². The average molecular weight is 245 g/mol. The zero-order valence-electron chi connectivity index (χ0n) is 11.9. The second-order valence-electron chi connectivity index (χ2n) is 5.75. The summed E-state index contributed by atoms with van der Waals surface area (Å²) in [6.07, 6.45) is 8.16. The number of aryl methyl sites for hydroxylation is 1. The molecule has 1 nitrogen and oxygen atoms in total. The first-order chi connectivity index (χ1) is 8.79. The van der Waals surface area contributed by atoms with Crippen LogP contribution in [0.3, 0.4) is 0 Å². The third-order valence-corrected chi connectivity index (χ3v) is 4.34. The van der Waals surface area contributed by atoms with Crippen LogP contribution in [-0.4, -0.2) is 12.6 Å². The maximum absolute atomic E-state index is 3.79. The summed E-state index contributed by atoms with van der Waals surface area (Å²) in [6, 6.07) is 9.66. The second kappa shape index (κ2) is 6.94. The number of hydrogen-bond donors (Lipinski definition) is 1. The lowest BCUT2D eigenvalue weighted by Gasteiger charge is -2.31. The Morgan fingerprint density at radius 2 is 2.06 bits per heavy atom. The largest absolute Gasteiger partial charge is 0.313 e. The van der Waals surface area contributed by atoms with Crippen molar-refractivity contribution in [2.75, 3.05) is 6.54 Å². The molecule has 0 spiro atoms. The summed E-state index contributed by atoms with van der Waals surface area (Å²) in [7, 11) is 0. The van der Waals surface area contributed by atoms with Crippen LogP contribution in [0.2, 0.25) is 0 Å². The number of benzene rings is 1. The van der Waals surface area contributed by atoms with E-state index in [1.165, 1.54) is 43.2 Å². The molecule has 1 aliphatic carbocycles.